The van der Waals surface area contributed by atoms with Gasteiger partial charge in [0.15, 0.2) is 6.10 Å². The predicted octanol–water partition coefficient (Wildman–Crippen LogP) is 25.4. The van der Waals surface area contributed by atoms with Gasteiger partial charge in [0.2, 0.25) is 0 Å². The Bertz CT molecular complexity index is 1200. The van der Waals surface area contributed by atoms with Crippen molar-refractivity contribution >= 4 is 17.9 Å². The van der Waals surface area contributed by atoms with E-state index in [-0.39, 0.29) is 31.1 Å². The fourth-order valence-electron chi connectivity index (χ4n) is 11.8. The molecule has 0 aromatic rings. The minimum atomic E-state index is -0.763. The first-order valence-corrected chi connectivity index (χ1v) is 37.0. The van der Waals surface area contributed by atoms with E-state index in [9.17, 15) is 14.4 Å². The largest absolute Gasteiger partial charge is 0.462 e. The second-order valence-electron chi connectivity index (χ2n) is 25.6. The van der Waals surface area contributed by atoms with Gasteiger partial charge in [-0.1, -0.05) is 400 Å². The van der Waals surface area contributed by atoms with Gasteiger partial charge in [-0.25, -0.2) is 0 Å². The molecule has 0 amide bonds. The quantitative estimate of drug-likeness (QED) is 0.0343. The number of carbonyl (C=O) groups excluding carboxylic acids is 3. The first kappa shape index (κ1) is 78.4. The number of hydrogen-bond donors (Lipinski definition) is 0. The molecular formula is C74H144O6. The van der Waals surface area contributed by atoms with Crippen molar-refractivity contribution < 1.29 is 28.6 Å². The highest BCUT2D eigenvalue weighted by Gasteiger charge is 2.20. The number of hydrogen-bond acceptors (Lipinski definition) is 6. The third-order valence-corrected chi connectivity index (χ3v) is 17.4. The van der Waals surface area contributed by atoms with Crippen molar-refractivity contribution in [3.8, 4) is 0 Å². The Hall–Kier alpha value is -1.59. The number of rotatable bonds is 70. The van der Waals surface area contributed by atoms with Crippen LogP contribution in [0, 0.1) is 0 Å². The topological polar surface area (TPSA) is 78.9 Å². The van der Waals surface area contributed by atoms with Crippen LogP contribution in [-0.4, -0.2) is 37.2 Å². The van der Waals surface area contributed by atoms with Crippen molar-refractivity contribution in [2.24, 2.45) is 0 Å². The molecular weight excluding hydrogens is 985 g/mol. The average molecular weight is 1130 g/mol. The van der Waals surface area contributed by atoms with Gasteiger partial charge in [0.1, 0.15) is 13.2 Å². The standard InChI is InChI=1S/C74H144O6/c1-4-7-10-13-16-19-22-24-26-28-30-32-33-34-35-36-37-38-39-40-41-42-44-45-47-49-52-55-58-61-64-67-73(76)79-70-71(69-78-72(75)66-63-60-57-54-51-21-18-15-12-9-6-3)80-74(77)68-65-62-59-56-53-50-48-46-43-31-29-27-25-23-20-17-14-11-8-5-2/h71H,4-70H2,1-3H3. The molecule has 0 bridgehead atoms. The molecule has 0 rings (SSSR count). The lowest BCUT2D eigenvalue weighted by Crippen LogP contribution is -2.30. The van der Waals surface area contributed by atoms with Crippen LogP contribution in [0.25, 0.3) is 0 Å². The predicted molar refractivity (Wildman–Crippen MR) is 349 cm³/mol. The molecule has 0 aliphatic rings. The second-order valence-corrected chi connectivity index (χ2v) is 25.6. The average Bonchev–Trinajstić information content (AvgIpc) is 3.46. The normalized spacial score (nSPS) is 11.9. The minimum Gasteiger partial charge on any atom is -0.462 e. The molecule has 1 unspecified atom stereocenters. The molecule has 0 saturated carbocycles. The van der Waals surface area contributed by atoms with Crippen LogP contribution in [0.15, 0.2) is 0 Å². The molecule has 80 heavy (non-hydrogen) atoms. The van der Waals surface area contributed by atoms with E-state index in [1.807, 2.05) is 0 Å². The molecule has 0 aliphatic carbocycles. The van der Waals surface area contributed by atoms with E-state index in [2.05, 4.69) is 20.8 Å². The summed E-state index contributed by atoms with van der Waals surface area (Å²) in [5.41, 5.74) is 0. The summed E-state index contributed by atoms with van der Waals surface area (Å²) >= 11 is 0. The molecule has 0 heterocycles. The first-order valence-electron chi connectivity index (χ1n) is 37.0. The fraction of sp³-hybridized carbons (Fsp3) is 0.959. The molecule has 0 fully saturated rings. The Morgan fingerprint density at radius 3 is 0.500 bits per heavy atom. The van der Waals surface area contributed by atoms with Crippen molar-refractivity contribution in [1.29, 1.82) is 0 Å². The molecule has 0 spiro atoms. The highest BCUT2D eigenvalue weighted by molar-refractivity contribution is 5.71. The van der Waals surface area contributed by atoms with Crippen LogP contribution >= 0.6 is 0 Å². The van der Waals surface area contributed by atoms with Gasteiger partial charge in [-0.2, -0.15) is 0 Å². The van der Waals surface area contributed by atoms with Crippen LogP contribution in [0.2, 0.25) is 0 Å². The lowest BCUT2D eigenvalue weighted by molar-refractivity contribution is -0.167. The van der Waals surface area contributed by atoms with Gasteiger partial charge in [0.25, 0.3) is 0 Å². The third kappa shape index (κ3) is 67.2. The SMILES string of the molecule is CCCCCCCCCCCCCCCCCCCCCCCCCCCCCCCCCC(=O)OCC(COC(=O)CCCCCCCCCCCCC)OC(=O)CCCCCCCCCCCCCCCCCCCCCC. The summed E-state index contributed by atoms with van der Waals surface area (Å²) in [6, 6.07) is 0. The molecule has 0 aromatic heterocycles. The molecule has 1 atom stereocenters. The number of ether oxygens (including phenoxy) is 3. The maximum atomic E-state index is 12.9. The second kappa shape index (κ2) is 69.9. The van der Waals surface area contributed by atoms with Crippen LogP contribution in [0.4, 0.5) is 0 Å². The van der Waals surface area contributed by atoms with E-state index in [0.29, 0.717) is 19.3 Å². The third-order valence-electron chi connectivity index (χ3n) is 17.4. The number of unbranched alkanes of at least 4 members (excludes halogenated alkanes) is 59. The van der Waals surface area contributed by atoms with Gasteiger partial charge in [-0.15, -0.1) is 0 Å². The Kier molecular flexibility index (Phi) is 68.5. The van der Waals surface area contributed by atoms with E-state index in [1.165, 1.54) is 340 Å². The van der Waals surface area contributed by atoms with Gasteiger partial charge >= 0.3 is 17.9 Å². The highest BCUT2D eigenvalue weighted by atomic mass is 16.6. The number of esters is 3. The zero-order chi connectivity index (χ0) is 57.8. The maximum Gasteiger partial charge on any atom is 0.306 e. The molecule has 0 saturated heterocycles. The summed E-state index contributed by atoms with van der Waals surface area (Å²) in [5, 5.41) is 0. The smallest absolute Gasteiger partial charge is 0.306 e. The van der Waals surface area contributed by atoms with Gasteiger partial charge in [-0.05, 0) is 19.3 Å². The van der Waals surface area contributed by atoms with Gasteiger partial charge in [-0.3, -0.25) is 14.4 Å². The Balaban J connectivity index is 4.06. The van der Waals surface area contributed by atoms with Gasteiger partial charge in [0, 0.05) is 19.3 Å². The zero-order valence-electron chi connectivity index (χ0n) is 54.9. The van der Waals surface area contributed by atoms with Crippen LogP contribution < -0.4 is 0 Å². The van der Waals surface area contributed by atoms with E-state index < -0.39 is 6.10 Å². The van der Waals surface area contributed by atoms with E-state index in [1.54, 1.807) is 0 Å². The van der Waals surface area contributed by atoms with Gasteiger partial charge < -0.3 is 14.2 Å². The van der Waals surface area contributed by atoms with Crippen molar-refractivity contribution in [2.75, 3.05) is 13.2 Å². The van der Waals surface area contributed by atoms with E-state index >= 15 is 0 Å². The van der Waals surface area contributed by atoms with Crippen molar-refractivity contribution in [3.05, 3.63) is 0 Å². The highest BCUT2D eigenvalue weighted by Crippen LogP contribution is 2.20. The van der Waals surface area contributed by atoms with Crippen molar-refractivity contribution in [3.63, 3.8) is 0 Å². The Morgan fingerprint density at radius 2 is 0.338 bits per heavy atom. The molecule has 0 N–H and O–H groups in total. The summed E-state index contributed by atoms with van der Waals surface area (Å²) in [7, 11) is 0. The summed E-state index contributed by atoms with van der Waals surface area (Å²) < 4.78 is 17.0. The molecule has 6 heteroatoms. The molecule has 6 nitrogen and oxygen atoms in total. The number of carbonyl (C=O) groups is 3. The fourth-order valence-corrected chi connectivity index (χ4v) is 11.8. The molecule has 0 aliphatic heterocycles. The summed E-state index contributed by atoms with van der Waals surface area (Å²) in [5.74, 6) is -0.822. The molecule has 0 aromatic carbocycles. The first-order chi connectivity index (χ1) is 39.5. The van der Waals surface area contributed by atoms with Crippen LogP contribution in [0.5, 0.6) is 0 Å². The van der Waals surface area contributed by atoms with Crippen LogP contribution in [0.1, 0.15) is 438 Å². The van der Waals surface area contributed by atoms with Gasteiger partial charge in [0.05, 0.1) is 0 Å². The Morgan fingerprint density at radius 1 is 0.200 bits per heavy atom. The lowest BCUT2D eigenvalue weighted by Gasteiger charge is -2.18. The summed E-state index contributed by atoms with van der Waals surface area (Å²) in [6.45, 7) is 6.73. The van der Waals surface area contributed by atoms with E-state index in [4.69, 9.17) is 14.2 Å². The van der Waals surface area contributed by atoms with Crippen LogP contribution in [-0.2, 0) is 28.6 Å². The lowest BCUT2D eigenvalue weighted by atomic mass is 10.0. The maximum absolute atomic E-state index is 12.9. The van der Waals surface area contributed by atoms with E-state index in [0.717, 1.165) is 57.8 Å². The van der Waals surface area contributed by atoms with Crippen molar-refractivity contribution in [1.82, 2.24) is 0 Å². The zero-order valence-corrected chi connectivity index (χ0v) is 54.9. The summed E-state index contributed by atoms with van der Waals surface area (Å²) in [4.78, 5) is 38.4. The Labute approximate surface area is 501 Å². The minimum absolute atomic E-state index is 0.0604. The monoisotopic (exact) mass is 1130 g/mol. The summed E-state index contributed by atoms with van der Waals surface area (Å²) in [6.07, 6.45) is 83.1. The van der Waals surface area contributed by atoms with Crippen LogP contribution in [0.3, 0.4) is 0 Å². The molecule has 476 valence electrons. The molecule has 0 radical (unpaired) electrons. The van der Waals surface area contributed by atoms with Crippen molar-refractivity contribution in [2.45, 2.75) is 444 Å².